The van der Waals surface area contributed by atoms with Crippen molar-refractivity contribution in [3.8, 4) is 0 Å². The van der Waals surface area contributed by atoms with Crippen LogP contribution in [0.3, 0.4) is 0 Å². The molecule has 0 bridgehead atoms. The van der Waals surface area contributed by atoms with Crippen molar-refractivity contribution < 1.29 is 4.79 Å². The van der Waals surface area contributed by atoms with Crippen molar-refractivity contribution in [1.29, 1.82) is 0 Å². The second kappa shape index (κ2) is 5.54. The monoisotopic (exact) mass is 253 g/mol. The Morgan fingerprint density at radius 2 is 1.82 bits per heavy atom. The van der Waals surface area contributed by atoms with E-state index in [2.05, 4.69) is 50.4 Å². The van der Waals surface area contributed by atoms with Crippen LogP contribution in [0.25, 0.3) is 0 Å². The van der Waals surface area contributed by atoms with Crippen LogP contribution in [0, 0.1) is 0 Å². The van der Waals surface area contributed by atoms with E-state index in [0.717, 1.165) is 5.56 Å². The van der Waals surface area contributed by atoms with E-state index in [1.165, 1.54) is 5.56 Å². The number of alkyl halides is 1. The van der Waals surface area contributed by atoms with Crippen LogP contribution in [-0.2, 0) is 10.2 Å². The average molecular weight is 254 g/mol. The molecule has 0 aliphatic heterocycles. The summed E-state index contributed by atoms with van der Waals surface area (Å²) in [5, 5.41) is 2.83. The third-order valence-corrected chi connectivity index (χ3v) is 3.02. The number of carbonyl (C=O) groups excluding carboxylic acids is 1. The molecule has 94 valence electrons. The van der Waals surface area contributed by atoms with Crippen LogP contribution in [-0.4, -0.2) is 11.8 Å². The molecule has 1 aromatic rings. The lowest BCUT2D eigenvalue weighted by Crippen LogP contribution is -2.27. The molecule has 1 rings (SSSR count). The normalized spacial score (nSPS) is 13.2. The van der Waals surface area contributed by atoms with Gasteiger partial charge in [0.25, 0.3) is 0 Å². The SMILES string of the molecule is C[C@H](NC(=O)CCl)c1ccc(C(C)(C)C)cc1. The van der Waals surface area contributed by atoms with Crippen LogP contribution >= 0.6 is 11.6 Å². The summed E-state index contributed by atoms with van der Waals surface area (Å²) in [6, 6.07) is 8.33. The predicted octanol–water partition coefficient (Wildman–Crippen LogP) is 3.40. The maximum Gasteiger partial charge on any atom is 0.235 e. The van der Waals surface area contributed by atoms with E-state index in [-0.39, 0.29) is 23.2 Å². The minimum atomic E-state index is -0.140. The molecule has 3 heteroatoms. The Hall–Kier alpha value is -1.02. The molecule has 0 unspecified atom stereocenters. The Morgan fingerprint density at radius 1 is 1.29 bits per heavy atom. The highest BCUT2D eigenvalue weighted by Gasteiger charge is 2.14. The minimum absolute atomic E-state index is 0.00438. The Balaban J connectivity index is 2.77. The molecular formula is C14H20ClNO. The number of carbonyl (C=O) groups is 1. The maximum absolute atomic E-state index is 11.2. The molecule has 0 spiro atoms. The largest absolute Gasteiger partial charge is 0.349 e. The number of halogens is 1. The van der Waals surface area contributed by atoms with Gasteiger partial charge in [0, 0.05) is 0 Å². The zero-order chi connectivity index (χ0) is 13.1. The van der Waals surface area contributed by atoms with E-state index in [1.54, 1.807) is 0 Å². The van der Waals surface area contributed by atoms with Crippen molar-refractivity contribution in [3.05, 3.63) is 35.4 Å². The summed E-state index contributed by atoms with van der Waals surface area (Å²) in [6.07, 6.45) is 0. The van der Waals surface area contributed by atoms with E-state index in [9.17, 15) is 4.79 Å². The smallest absolute Gasteiger partial charge is 0.235 e. The average Bonchev–Trinajstić information content (AvgIpc) is 2.27. The molecule has 0 aromatic heterocycles. The fourth-order valence-electron chi connectivity index (χ4n) is 1.64. The molecule has 0 fully saturated rings. The molecule has 0 saturated heterocycles. The molecule has 1 amide bonds. The summed E-state index contributed by atoms with van der Waals surface area (Å²) in [4.78, 5) is 11.2. The molecule has 0 heterocycles. The van der Waals surface area contributed by atoms with Gasteiger partial charge in [-0.25, -0.2) is 0 Å². The van der Waals surface area contributed by atoms with Crippen molar-refractivity contribution >= 4 is 17.5 Å². The Labute approximate surface area is 108 Å². The van der Waals surface area contributed by atoms with Gasteiger partial charge in [0.1, 0.15) is 5.88 Å². The minimum Gasteiger partial charge on any atom is -0.349 e. The first-order valence-corrected chi connectivity index (χ1v) is 6.34. The van der Waals surface area contributed by atoms with Gasteiger partial charge in [-0.3, -0.25) is 4.79 Å². The highest BCUT2D eigenvalue weighted by molar-refractivity contribution is 6.27. The standard InChI is InChI=1S/C14H20ClNO/c1-10(16-13(17)9-15)11-5-7-12(8-6-11)14(2,3)4/h5-8,10H,9H2,1-4H3,(H,16,17)/t10-/m0/s1. The third-order valence-electron chi connectivity index (χ3n) is 2.78. The van der Waals surface area contributed by atoms with E-state index < -0.39 is 0 Å². The van der Waals surface area contributed by atoms with Crippen LogP contribution in [0.5, 0.6) is 0 Å². The van der Waals surface area contributed by atoms with Crippen LogP contribution in [0.15, 0.2) is 24.3 Å². The molecule has 0 aliphatic carbocycles. The molecule has 0 radical (unpaired) electrons. The van der Waals surface area contributed by atoms with Crippen LogP contribution in [0.2, 0.25) is 0 Å². The lowest BCUT2D eigenvalue weighted by molar-refractivity contribution is -0.119. The quantitative estimate of drug-likeness (QED) is 0.822. The van der Waals surface area contributed by atoms with Crippen molar-refractivity contribution in [1.82, 2.24) is 5.32 Å². The van der Waals surface area contributed by atoms with E-state index in [4.69, 9.17) is 11.6 Å². The first-order valence-electron chi connectivity index (χ1n) is 5.80. The summed E-state index contributed by atoms with van der Waals surface area (Å²) >= 11 is 5.46. The van der Waals surface area contributed by atoms with Gasteiger partial charge in [-0.15, -0.1) is 11.6 Å². The second-order valence-electron chi connectivity index (χ2n) is 5.29. The van der Waals surface area contributed by atoms with Gasteiger partial charge in [-0.05, 0) is 23.5 Å². The Bertz CT molecular complexity index is 378. The molecule has 0 aliphatic rings. The molecular weight excluding hydrogens is 234 g/mol. The van der Waals surface area contributed by atoms with E-state index in [1.807, 2.05) is 6.92 Å². The molecule has 0 saturated carbocycles. The number of amides is 1. The number of nitrogens with one attached hydrogen (secondary N) is 1. The van der Waals surface area contributed by atoms with E-state index >= 15 is 0 Å². The number of rotatable bonds is 3. The van der Waals surface area contributed by atoms with Crippen molar-refractivity contribution in [2.24, 2.45) is 0 Å². The summed E-state index contributed by atoms with van der Waals surface area (Å²) in [7, 11) is 0. The number of hydrogen-bond donors (Lipinski definition) is 1. The van der Waals surface area contributed by atoms with Crippen molar-refractivity contribution in [2.45, 2.75) is 39.2 Å². The fourth-order valence-corrected chi connectivity index (χ4v) is 1.71. The van der Waals surface area contributed by atoms with Crippen molar-refractivity contribution in [3.63, 3.8) is 0 Å². The zero-order valence-electron chi connectivity index (χ0n) is 10.9. The van der Waals surface area contributed by atoms with Crippen molar-refractivity contribution in [2.75, 3.05) is 5.88 Å². The zero-order valence-corrected chi connectivity index (χ0v) is 11.6. The third kappa shape index (κ3) is 4.04. The second-order valence-corrected chi connectivity index (χ2v) is 5.56. The van der Waals surface area contributed by atoms with Gasteiger partial charge in [0.05, 0.1) is 6.04 Å². The topological polar surface area (TPSA) is 29.1 Å². The Kier molecular flexibility index (Phi) is 4.58. The summed E-state index contributed by atoms with van der Waals surface area (Å²) in [5.74, 6) is -0.135. The lowest BCUT2D eigenvalue weighted by Gasteiger charge is -2.20. The molecule has 1 aromatic carbocycles. The Morgan fingerprint density at radius 3 is 2.24 bits per heavy atom. The molecule has 1 atom stereocenters. The first kappa shape index (κ1) is 14.0. The van der Waals surface area contributed by atoms with Gasteiger partial charge >= 0.3 is 0 Å². The summed E-state index contributed by atoms with van der Waals surface area (Å²) in [6.45, 7) is 8.50. The molecule has 2 nitrogen and oxygen atoms in total. The molecule has 1 N–H and O–H groups in total. The number of hydrogen-bond acceptors (Lipinski definition) is 1. The van der Waals surface area contributed by atoms with Gasteiger partial charge in [-0.1, -0.05) is 45.0 Å². The highest BCUT2D eigenvalue weighted by atomic mass is 35.5. The van der Waals surface area contributed by atoms with E-state index in [0.29, 0.717) is 0 Å². The fraction of sp³-hybridized carbons (Fsp3) is 0.500. The van der Waals surface area contributed by atoms with Gasteiger partial charge in [-0.2, -0.15) is 0 Å². The first-order chi connectivity index (χ1) is 7.84. The molecule has 17 heavy (non-hydrogen) atoms. The van der Waals surface area contributed by atoms with Crippen LogP contribution in [0.1, 0.15) is 44.9 Å². The van der Waals surface area contributed by atoms with Crippen LogP contribution < -0.4 is 5.32 Å². The summed E-state index contributed by atoms with van der Waals surface area (Å²) < 4.78 is 0. The number of benzene rings is 1. The van der Waals surface area contributed by atoms with Gasteiger partial charge in [0.15, 0.2) is 0 Å². The lowest BCUT2D eigenvalue weighted by atomic mass is 9.86. The summed E-state index contributed by atoms with van der Waals surface area (Å²) in [5.41, 5.74) is 2.54. The predicted molar refractivity (Wildman–Crippen MR) is 72.4 cm³/mol. The van der Waals surface area contributed by atoms with Gasteiger partial charge in [0.2, 0.25) is 5.91 Å². The van der Waals surface area contributed by atoms with Crippen LogP contribution in [0.4, 0.5) is 0 Å². The maximum atomic E-state index is 11.2. The highest BCUT2D eigenvalue weighted by Crippen LogP contribution is 2.23. The van der Waals surface area contributed by atoms with Gasteiger partial charge < -0.3 is 5.32 Å².